The van der Waals surface area contributed by atoms with Crippen LogP contribution in [0.25, 0.3) is 15.8 Å². The van der Waals surface area contributed by atoms with Crippen molar-refractivity contribution in [3.8, 4) is 0 Å². The molecule has 0 saturated carbocycles. The number of aromatic amines is 1. The van der Waals surface area contributed by atoms with E-state index in [2.05, 4.69) is 10.3 Å². The van der Waals surface area contributed by atoms with Gasteiger partial charge in [0.2, 0.25) is 0 Å². The molecule has 0 saturated heterocycles. The zero-order valence-electron chi connectivity index (χ0n) is 15.4. The number of pyridine rings is 1. The fourth-order valence-electron chi connectivity index (χ4n) is 2.79. The first-order valence-electron chi connectivity index (χ1n) is 8.39. The Morgan fingerprint density at radius 3 is 2.06 bits per heavy atom. The molecule has 0 spiro atoms. The van der Waals surface area contributed by atoms with Crippen LogP contribution in [0.3, 0.4) is 0 Å². The summed E-state index contributed by atoms with van der Waals surface area (Å²) in [6.45, 7) is 0. The molecule has 32 heavy (non-hydrogen) atoms. The van der Waals surface area contributed by atoms with Crippen molar-refractivity contribution in [1.29, 1.82) is 0 Å². The van der Waals surface area contributed by atoms with Crippen LogP contribution in [0.5, 0.6) is 0 Å². The van der Waals surface area contributed by atoms with Crippen LogP contribution in [-0.4, -0.2) is 21.8 Å². The normalized spacial score (nSPS) is 15.8. The van der Waals surface area contributed by atoms with E-state index in [0.717, 1.165) is 0 Å². The summed E-state index contributed by atoms with van der Waals surface area (Å²) in [7, 11) is 2.82. The Morgan fingerprint density at radius 2 is 1.44 bits per heavy atom. The van der Waals surface area contributed by atoms with Crippen molar-refractivity contribution in [3.05, 3.63) is 75.3 Å². The summed E-state index contributed by atoms with van der Waals surface area (Å²) in [6.07, 6.45) is 2.91. The molecular formula is C18H11Cl5N2O5S2. The number of benzene rings is 2. The van der Waals surface area contributed by atoms with Gasteiger partial charge in [-0.1, -0.05) is 46.9 Å². The predicted molar refractivity (Wildman–Crippen MR) is 128 cm³/mol. The lowest BCUT2D eigenvalue weighted by Gasteiger charge is -2.20. The highest BCUT2D eigenvalue weighted by Crippen LogP contribution is 2.35. The van der Waals surface area contributed by atoms with Gasteiger partial charge in [-0.05, 0) is 29.8 Å². The van der Waals surface area contributed by atoms with Crippen LogP contribution >= 0.6 is 56.2 Å². The standard InChI is InChI=1S/C9H6Cl3NO2S.C9H5Cl2NO3S/c10-8-4-13-9(11)7-3-5(16(12,14)15)1-2-6(7)8;10-8-4-12-9(13)7-3-5(16(11,14)15)1-2-6(7)8/h1-4,9,13H;1-4H,(H,12,13). The molecule has 1 aliphatic heterocycles. The second-order valence-corrected chi connectivity index (χ2v) is 12.7. The number of H-pyrrole nitrogens is 1. The summed E-state index contributed by atoms with van der Waals surface area (Å²) in [5, 5.41) is 4.29. The second-order valence-electron chi connectivity index (χ2n) is 6.32. The number of halogens is 5. The van der Waals surface area contributed by atoms with Crippen LogP contribution in [-0.2, 0) is 18.1 Å². The van der Waals surface area contributed by atoms with Crippen LogP contribution in [0, 0.1) is 0 Å². The molecule has 2 aromatic carbocycles. The molecule has 2 heterocycles. The summed E-state index contributed by atoms with van der Waals surface area (Å²) in [5.74, 6) is 0. The number of hydrogen-bond acceptors (Lipinski definition) is 6. The minimum absolute atomic E-state index is 0.00623. The van der Waals surface area contributed by atoms with Gasteiger partial charge in [0.1, 0.15) is 5.50 Å². The van der Waals surface area contributed by atoms with Crippen molar-refractivity contribution in [2.75, 3.05) is 0 Å². The van der Waals surface area contributed by atoms with Crippen LogP contribution in [0.15, 0.2) is 63.4 Å². The highest BCUT2D eigenvalue weighted by atomic mass is 35.7. The number of nitrogens with one attached hydrogen (secondary N) is 2. The van der Waals surface area contributed by atoms with Gasteiger partial charge < -0.3 is 10.3 Å². The number of fused-ring (bicyclic) bond motifs is 2. The van der Waals surface area contributed by atoms with Crippen LogP contribution in [0.4, 0.5) is 0 Å². The van der Waals surface area contributed by atoms with E-state index in [1.54, 1.807) is 12.3 Å². The molecular weight excluding hydrogens is 566 g/mol. The van der Waals surface area contributed by atoms with Crippen molar-refractivity contribution in [2.24, 2.45) is 0 Å². The van der Waals surface area contributed by atoms with Crippen molar-refractivity contribution in [2.45, 2.75) is 15.3 Å². The lowest BCUT2D eigenvalue weighted by atomic mass is 10.1. The Kier molecular flexibility index (Phi) is 7.41. The first-order chi connectivity index (χ1) is 14.8. The molecule has 2 N–H and O–H groups in total. The predicted octanol–water partition coefficient (Wildman–Crippen LogP) is 5.10. The number of hydrogen-bond donors (Lipinski definition) is 2. The summed E-state index contributed by atoms with van der Waals surface area (Å²) >= 11 is 17.8. The van der Waals surface area contributed by atoms with Crippen LogP contribution in [0.2, 0.25) is 5.02 Å². The number of alkyl halides is 1. The molecule has 0 radical (unpaired) electrons. The van der Waals surface area contributed by atoms with Gasteiger partial charge in [0, 0.05) is 50.1 Å². The van der Waals surface area contributed by atoms with Crippen molar-refractivity contribution in [1.82, 2.24) is 10.3 Å². The van der Waals surface area contributed by atoms with Gasteiger partial charge >= 0.3 is 0 Å². The maximum atomic E-state index is 11.5. The highest BCUT2D eigenvalue weighted by molar-refractivity contribution is 8.14. The first kappa shape index (κ1) is 25.2. The Balaban J connectivity index is 0.000000181. The van der Waals surface area contributed by atoms with Crippen LogP contribution < -0.4 is 10.9 Å². The van der Waals surface area contributed by atoms with Gasteiger partial charge in [-0.25, -0.2) is 16.8 Å². The average molecular weight is 577 g/mol. The van der Waals surface area contributed by atoms with Gasteiger partial charge in [-0.15, -0.1) is 0 Å². The van der Waals surface area contributed by atoms with Gasteiger partial charge in [0.25, 0.3) is 23.7 Å². The number of aromatic nitrogens is 1. The Hall–Kier alpha value is -1.46. The molecule has 14 heteroatoms. The van der Waals surface area contributed by atoms with Crippen LogP contribution in [0.1, 0.15) is 16.6 Å². The first-order valence-corrected chi connectivity index (χ1v) is 14.2. The molecule has 1 atom stereocenters. The van der Waals surface area contributed by atoms with E-state index < -0.39 is 29.2 Å². The summed E-state index contributed by atoms with van der Waals surface area (Å²) in [5.41, 5.74) is 0.359. The summed E-state index contributed by atoms with van der Waals surface area (Å²) in [4.78, 5) is 13.7. The molecule has 4 rings (SSSR count). The van der Waals surface area contributed by atoms with Gasteiger partial charge in [0.05, 0.1) is 19.8 Å². The average Bonchev–Trinajstić information content (AvgIpc) is 2.72. The molecule has 0 bridgehead atoms. The fourth-order valence-corrected chi connectivity index (χ4v) is 5.05. The summed E-state index contributed by atoms with van der Waals surface area (Å²) < 4.78 is 44.5. The Morgan fingerprint density at radius 1 is 0.844 bits per heavy atom. The van der Waals surface area contributed by atoms with Gasteiger partial charge in [0.15, 0.2) is 0 Å². The fraction of sp³-hybridized carbons (Fsp3) is 0.0556. The van der Waals surface area contributed by atoms with E-state index in [0.29, 0.717) is 26.6 Å². The molecule has 1 unspecified atom stereocenters. The van der Waals surface area contributed by atoms with Crippen molar-refractivity contribution in [3.63, 3.8) is 0 Å². The number of rotatable bonds is 2. The maximum absolute atomic E-state index is 11.5. The van der Waals surface area contributed by atoms with Gasteiger partial charge in [-0.3, -0.25) is 4.79 Å². The molecule has 7 nitrogen and oxygen atoms in total. The lowest BCUT2D eigenvalue weighted by Crippen LogP contribution is -2.16. The van der Waals surface area contributed by atoms with Gasteiger partial charge in [-0.2, -0.15) is 0 Å². The monoisotopic (exact) mass is 574 g/mol. The maximum Gasteiger partial charge on any atom is 0.261 e. The third-order valence-corrected chi connectivity index (χ3v) is 7.99. The zero-order valence-corrected chi connectivity index (χ0v) is 20.9. The molecule has 0 aliphatic carbocycles. The lowest BCUT2D eigenvalue weighted by molar-refractivity contribution is 0.608. The summed E-state index contributed by atoms with van der Waals surface area (Å²) in [6, 6.07) is 8.34. The topological polar surface area (TPSA) is 113 Å². The third kappa shape index (κ3) is 5.53. The SMILES string of the molecule is O=S(=O)(Cl)c1ccc2c(c1)C(Cl)NC=C2Cl.O=c1[nH]cc(Cl)c2ccc(S(=O)(=O)Cl)cc12. The molecule has 3 aromatic rings. The van der Waals surface area contributed by atoms with E-state index >= 15 is 0 Å². The van der Waals surface area contributed by atoms with E-state index in [4.69, 9.17) is 56.2 Å². The Bertz CT molecular complexity index is 1520. The second kappa shape index (κ2) is 9.42. The van der Waals surface area contributed by atoms with Crippen molar-refractivity contribution < 1.29 is 16.8 Å². The molecule has 170 valence electrons. The minimum atomic E-state index is -3.85. The minimum Gasteiger partial charge on any atom is -0.370 e. The molecule has 0 fully saturated rings. The zero-order chi connectivity index (χ0) is 23.8. The molecule has 1 aliphatic rings. The molecule has 1 aromatic heterocycles. The van der Waals surface area contributed by atoms with Crippen molar-refractivity contribution >= 4 is 90.1 Å². The quantitative estimate of drug-likeness (QED) is 0.249. The van der Waals surface area contributed by atoms with E-state index in [9.17, 15) is 21.6 Å². The third-order valence-electron chi connectivity index (χ3n) is 4.30. The van der Waals surface area contributed by atoms with E-state index in [-0.39, 0.29) is 15.2 Å². The smallest absolute Gasteiger partial charge is 0.261 e. The largest absolute Gasteiger partial charge is 0.370 e. The molecule has 0 amide bonds. The highest BCUT2D eigenvalue weighted by Gasteiger charge is 2.21. The van der Waals surface area contributed by atoms with E-state index in [1.165, 1.54) is 36.5 Å². The van der Waals surface area contributed by atoms with E-state index in [1.807, 2.05) is 0 Å². The Labute approximate surface area is 206 Å².